The van der Waals surface area contributed by atoms with Gasteiger partial charge in [-0.15, -0.1) is 5.10 Å². The molecule has 0 aromatic carbocycles. The fourth-order valence-electron chi connectivity index (χ4n) is 5.04. The monoisotopic (exact) mass is 453 g/mol. The maximum atomic E-state index is 13.1. The molecule has 5 heterocycles. The molecule has 0 aliphatic carbocycles. The normalized spacial score (nSPS) is 23.5. The van der Waals surface area contributed by atoms with Crippen LogP contribution < -0.4 is 0 Å². The van der Waals surface area contributed by atoms with Gasteiger partial charge >= 0.3 is 5.97 Å². The van der Waals surface area contributed by atoms with Crippen molar-refractivity contribution in [3.8, 4) is 5.69 Å². The molecule has 2 aromatic rings. The fourth-order valence-corrected chi connectivity index (χ4v) is 5.04. The summed E-state index contributed by atoms with van der Waals surface area (Å²) in [4.78, 5) is 33.1. The Bertz CT molecular complexity index is 1050. The number of hydrogen-bond acceptors (Lipinski definition) is 9. The Balaban J connectivity index is 1.13. The van der Waals surface area contributed by atoms with Crippen molar-refractivity contribution in [1.82, 2.24) is 35.0 Å². The first kappa shape index (κ1) is 21.7. The lowest BCUT2D eigenvalue weighted by Gasteiger charge is -2.35. The summed E-state index contributed by atoms with van der Waals surface area (Å²) in [5.74, 6) is 0.109. The number of aromatic nitrogens is 5. The molecule has 5 rings (SSSR count). The van der Waals surface area contributed by atoms with E-state index in [0.29, 0.717) is 30.3 Å². The third-order valence-corrected chi connectivity index (χ3v) is 7.01. The molecule has 2 saturated heterocycles. The molecule has 0 spiro atoms. The van der Waals surface area contributed by atoms with Crippen molar-refractivity contribution in [2.75, 3.05) is 32.8 Å². The number of hydrogen-bond donors (Lipinski definition) is 1. The average molecular weight is 454 g/mol. The van der Waals surface area contributed by atoms with E-state index in [-0.39, 0.29) is 24.4 Å². The lowest BCUT2D eigenvalue weighted by molar-refractivity contribution is -0.136. The summed E-state index contributed by atoms with van der Waals surface area (Å²) in [5.41, 5.74) is 2.61. The zero-order valence-corrected chi connectivity index (χ0v) is 18.5. The third-order valence-electron chi connectivity index (χ3n) is 7.01. The molecule has 33 heavy (non-hydrogen) atoms. The summed E-state index contributed by atoms with van der Waals surface area (Å²) in [7, 11) is 0. The number of ether oxygens (including phenoxy) is 1. The van der Waals surface area contributed by atoms with Crippen molar-refractivity contribution in [1.29, 1.82) is 0 Å². The highest BCUT2D eigenvalue weighted by molar-refractivity contribution is 5.93. The number of piperidine rings is 1. The van der Waals surface area contributed by atoms with E-state index < -0.39 is 6.10 Å². The zero-order chi connectivity index (χ0) is 22.9. The molecule has 3 aliphatic rings. The zero-order valence-electron chi connectivity index (χ0n) is 18.5. The predicted octanol–water partition coefficient (Wildman–Crippen LogP) is 0.482. The van der Waals surface area contributed by atoms with Crippen molar-refractivity contribution in [3.63, 3.8) is 0 Å². The van der Waals surface area contributed by atoms with Crippen LogP contribution in [0.3, 0.4) is 0 Å². The second-order valence-corrected chi connectivity index (χ2v) is 8.88. The number of likely N-dealkylation sites (tertiary alicyclic amines) is 2. The van der Waals surface area contributed by atoms with Crippen LogP contribution in [0.5, 0.6) is 0 Å². The molecule has 1 amide bonds. The molecule has 2 unspecified atom stereocenters. The maximum absolute atomic E-state index is 13.1. The number of tetrazole rings is 1. The molecule has 0 radical (unpaired) electrons. The number of β-amino-alcohol motifs (C(OH)–C–C–N with tert-alkyl or cyclic N) is 1. The van der Waals surface area contributed by atoms with Crippen molar-refractivity contribution < 1.29 is 19.4 Å². The Kier molecular flexibility index (Phi) is 5.90. The topological polar surface area (TPSA) is 127 Å². The standard InChI is InChI=1S/C22H27N7O4/c1-14-19(12-33-22(14)32)28-9-6-17(21(28)31)15-4-7-27(8-5-15)11-20(30)18-3-2-16(10-23-18)29-13-24-25-26-29/h2-3,10,13,15,17,20,30H,4-9,11-12H2,1H3. The van der Waals surface area contributed by atoms with E-state index in [1.54, 1.807) is 24.1 Å². The number of nitrogens with zero attached hydrogens (tertiary/aromatic N) is 7. The number of carbonyl (C=O) groups is 2. The molecule has 0 saturated carbocycles. The summed E-state index contributed by atoms with van der Waals surface area (Å²) < 4.78 is 6.59. The van der Waals surface area contributed by atoms with Crippen LogP contribution in [0.2, 0.25) is 0 Å². The first-order valence-electron chi connectivity index (χ1n) is 11.3. The van der Waals surface area contributed by atoms with Gasteiger partial charge < -0.3 is 19.6 Å². The highest BCUT2D eigenvalue weighted by Crippen LogP contribution is 2.36. The van der Waals surface area contributed by atoms with Gasteiger partial charge in [-0.25, -0.2) is 4.79 Å². The predicted molar refractivity (Wildman–Crippen MR) is 115 cm³/mol. The van der Waals surface area contributed by atoms with E-state index in [1.807, 2.05) is 6.07 Å². The van der Waals surface area contributed by atoms with Crippen LogP contribution in [0.25, 0.3) is 5.69 Å². The van der Waals surface area contributed by atoms with Gasteiger partial charge in [-0.2, -0.15) is 4.68 Å². The van der Waals surface area contributed by atoms with Gasteiger partial charge in [0.15, 0.2) is 0 Å². The van der Waals surface area contributed by atoms with Crippen LogP contribution in [0.1, 0.15) is 38.0 Å². The number of cyclic esters (lactones) is 1. The molecule has 2 atom stereocenters. The molecule has 1 N–H and O–H groups in total. The van der Waals surface area contributed by atoms with Crippen LogP contribution in [0.15, 0.2) is 35.9 Å². The molecule has 174 valence electrons. The Morgan fingerprint density at radius 2 is 2.00 bits per heavy atom. The lowest BCUT2D eigenvalue weighted by Crippen LogP contribution is -2.40. The molecule has 11 heteroatoms. The summed E-state index contributed by atoms with van der Waals surface area (Å²) in [6, 6.07) is 3.61. The first-order valence-corrected chi connectivity index (χ1v) is 11.3. The Labute approximate surface area is 191 Å². The van der Waals surface area contributed by atoms with Crippen molar-refractivity contribution in [2.45, 2.75) is 32.3 Å². The SMILES string of the molecule is CC1=C(N2CCC(C3CCN(CC(O)c4ccc(-n5cnnn5)cn4)CC3)C2=O)COC1=O. The van der Waals surface area contributed by atoms with Gasteiger partial charge in [-0.1, -0.05) is 0 Å². The second-order valence-electron chi connectivity index (χ2n) is 8.88. The number of rotatable bonds is 6. The minimum Gasteiger partial charge on any atom is -0.456 e. The van der Waals surface area contributed by atoms with Crippen LogP contribution in [0, 0.1) is 11.8 Å². The molecule has 0 bridgehead atoms. The Morgan fingerprint density at radius 3 is 2.64 bits per heavy atom. The van der Waals surface area contributed by atoms with E-state index in [2.05, 4.69) is 25.4 Å². The van der Waals surface area contributed by atoms with Crippen molar-refractivity contribution in [2.24, 2.45) is 11.8 Å². The summed E-state index contributed by atoms with van der Waals surface area (Å²) in [5, 5.41) is 21.7. The molecule has 2 aromatic heterocycles. The van der Waals surface area contributed by atoms with E-state index in [1.165, 1.54) is 11.0 Å². The van der Waals surface area contributed by atoms with Crippen LogP contribution in [-0.2, 0) is 14.3 Å². The highest BCUT2D eigenvalue weighted by atomic mass is 16.5. The Morgan fingerprint density at radius 1 is 1.18 bits per heavy atom. The molecular weight excluding hydrogens is 426 g/mol. The number of amides is 1. The average Bonchev–Trinajstić information content (AvgIpc) is 3.57. The first-order chi connectivity index (χ1) is 16.0. The number of aliphatic hydroxyl groups excluding tert-OH is 1. The largest absolute Gasteiger partial charge is 0.456 e. The van der Waals surface area contributed by atoms with E-state index in [0.717, 1.165) is 43.7 Å². The minimum absolute atomic E-state index is 0.00596. The highest BCUT2D eigenvalue weighted by Gasteiger charge is 2.41. The quantitative estimate of drug-likeness (QED) is 0.622. The van der Waals surface area contributed by atoms with Crippen LogP contribution in [0.4, 0.5) is 0 Å². The number of aliphatic hydroxyl groups is 1. The van der Waals surface area contributed by atoms with Gasteiger partial charge in [0.05, 0.1) is 28.8 Å². The van der Waals surface area contributed by atoms with Crippen LogP contribution >= 0.6 is 0 Å². The fraction of sp³-hybridized carbons (Fsp3) is 0.545. The second kappa shape index (κ2) is 8.99. The summed E-state index contributed by atoms with van der Waals surface area (Å²) in [6.45, 7) is 4.74. The van der Waals surface area contributed by atoms with Gasteiger partial charge in [-0.05, 0) is 67.8 Å². The Hall–Kier alpha value is -3.18. The van der Waals surface area contributed by atoms with Crippen molar-refractivity contribution >= 4 is 11.9 Å². The van der Waals surface area contributed by atoms with Crippen LogP contribution in [-0.4, -0.2) is 84.8 Å². The van der Waals surface area contributed by atoms with E-state index >= 15 is 0 Å². The van der Waals surface area contributed by atoms with E-state index in [4.69, 9.17) is 4.74 Å². The number of pyridine rings is 1. The third kappa shape index (κ3) is 4.25. The summed E-state index contributed by atoms with van der Waals surface area (Å²) >= 11 is 0. The molecule has 3 aliphatic heterocycles. The molecule has 11 nitrogen and oxygen atoms in total. The van der Waals surface area contributed by atoms with Gasteiger partial charge in [0.1, 0.15) is 19.0 Å². The van der Waals surface area contributed by atoms with E-state index in [9.17, 15) is 14.7 Å². The molecular formula is C22H27N7O4. The maximum Gasteiger partial charge on any atom is 0.336 e. The van der Waals surface area contributed by atoms with Gasteiger partial charge in [0, 0.05) is 19.0 Å². The lowest BCUT2D eigenvalue weighted by atomic mass is 9.83. The minimum atomic E-state index is -0.692. The van der Waals surface area contributed by atoms with Crippen molar-refractivity contribution in [3.05, 3.63) is 41.6 Å². The molecule has 2 fully saturated rings. The summed E-state index contributed by atoms with van der Waals surface area (Å²) in [6.07, 6.45) is 5.08. The number of esters is 1. The van der Waals surface area contributed by atoms with Gasteiger partial charge in [0.25, 0.3) is 0 Å². The number of carbonyl (C=O) groups excluding carboxylic acids is 2. The van der Waals surface area contributed by atoms with Gasteiger partial charge in [0.2, 0.25) is 5.91 Å². The smallest absolute Gasteiger partial charge is 0.336 e. The van der Waals surface area contributed by atoms with Gasteiger partial charge in [-0.3, -0.25) is 9.78 Å².